The monoisotopic (exact) mass is 409 g/mol. The number of nitrogens with zero attached hydrogens (tertiary/aromatic N) is 1. The van der Waals surface area contributed by atoms with Crippen molar-refractivity contribution in [3.8, 4) is 5.75 Å². The van der Waals surface area contributed by atoms with Gasteiger partial charge in [-0.25, -0.2) is 5.43 Å². The highest BCUT2D eigenvalue weighted by Gasteiger charge is 2.19. The van der Waals surface area contributed by atoms with Crippen LogP contribution < -0.4 is 20.4 Å². The summed E-state index contributed by atoms with van der Waals surface area (Å²) in [5.41, 5.74) is 6.58. The van der Waals surface area contributed by atoms with Crippen molar-refractivity contribution in [2.24, 2.45) is 5.10 Å². The van der Waals surface area contributed by atoms with Crippen molar-refractivity contribution in [2.75, 3.05) is 25.5 Å². The summed E-state index contributed by atoms with van der Waals surface area (Å²) in [5, 5.41) is 6.67. The van der Waals surface area contributed by atoms with E-state index in [1.165, 1.54) is 25.9 Å². The van der Waals surface area contributed by atoms with Crippen molar-refractivity contribution in [2.45, 2.75) is 33.2 Å². The highest BCUT2D eigenvalue weighted by Crippen LogP contribution is 2.20. The van der Waals surface area contributed by atoms with Crippen LogP contribution in [-0.2, 0) is 16.1 Å². The molecule has 1 aliphatic heterocycles. The quantitative estimate of drug-likeness (QED) is 0.385. The lowest BCUT2D eigenvalue weighted by atomic mass is 10.1. The van der Waals surface area contributed by atoms with Gasteiger partial charge in [-0.1, -0.05) is 17.7 Å². The van der Waals surface area contributed by atoms with Crippen molar-refractivity contribution >= 4 is 23.2 Å². The third kappa shape index (κ3) is 5.67. The van der Waals surface area contributed by atoms with Gasteiger partial charge in [0.15, 0.2) is 0 Å². The molecule has 2 aromatic carbocycles. The van der Waals surface area contributed by atoms with Crippen LogP contribution in [0, 0.1) is 6.92 Å². The molecule has 1 saturated heterocycles. The number of methoxy groups -OCH3 is 1. The smallest absolute Gasteiger partial charge is 0.329 e. The number of hydrogen-bond acceptors (Lipinski definition) is 4. The second-order valence-corrected chi connectivity index (χ2v) is 7.62. The highest BCUT2D eigenvalue weighted by molar-refractivity contribution is 6.39. The van der Waals surface area contributed by atoms with E-state index in [4.69, 9.17) is 4.74 Å². The summed E-state index contributed by atoms with van der Waals surface area (Å²) < 4.78 is 5.51. The molecule has 0 unspecified atom stereocenters. The summed E-state index contributed by atoms with van der Waals surface area (Å²) in [6.07, 6.45) is 2.52. The topological polar surface area (TPSA) is 84.2 Å². The fourth-order valence-corrected chi connectivity index (χ4v) is 3.54. The summed E-state index contributed by atoms with van der Waals surface area (Å²) in [4.78, 5) is 25.7. The Kier molecular flexibility index (Phi) is 7.19. The number of hydrazone groups is 1. The lowest BCUT2D eigenvalue weighted by Crippen LogP contribution is -3.08. The molecule has 1 heterocycles. The van der Waals surface area contributed by atoms with Gasteiger partial charge in [0.05, 0.1) is 25.9 Å². The van der Waals surface area contributed by atoms with Gasteiger partial charge in [0, 0.05) is 24.1 Å². The molecule has 7 nitrogen and oxygen atoms in total. The van der Waals surface area contributed by atoms with Crippen LogP contribution in [0.15, 0.2) is 47.6 Å². The predicted octanol–water partition coefficient (Wildman–Crippen LogP) is 1.66. The third-order valence-electron chi connectivity index (χ3n) is 5.29. The first kappa shape index (κ1) is 21.5. The number of ether oxygens (including phenoxy) is 1. The minimum atomic E-state index is -0.815. The zero-order valence-electron chi connectivity index (χ0n) is 17.7. The Balaban J connectivity index is 1.64. The molecule has 0 saturated carbocycles. The molecule has 1 fully saturated rings. The van der Waals surface area contributed by atoms with Crippen LogP contribution >= 0.6 is 0 Å². The van der Waals surface area contributed by atoms with E-state index < -0.39 is 11.8 Å². The lowest BCUT2D eigenvalue weighted by Gasteiger charge is -2.15. The van der Waals surface area contributed by atoms with Crippen LogP contribution in [-0.4, -0.2) is 37.7 Å². The van der Waals surface area contributed by atoms with Crippen molar-refractivity contribution in [1.82, 2.24) is 5.43 Å². The first-order valence-electron chi connectivity index (χ1n) is 10.2. The maximum Gasteiger partial charge on any atom is 0.329 e. The lowest BCUT2D eigenvalue weighted by molar-refractivity contribution is -0.901. The molecule has 1 aliphatic rings. The summed E-state index contributed by atoms with van der Waals surface area (Å²) in [6, 6.07) is 13.1. The molecule has 0 aromatic heterocycles. The van der Waals surface area contributed by atoms with E-state index >= 15 is 0 Å². The van der Waals surface area contributed by atoms with Crippen molar-refractivity contribution in [1.29, 1.82) is 0 Å². The molecule has 158 valence electrons. The number of quaternary nitrogens is 1. The van der Waals surface area contributed by atoms with E-state index in [0.29, 0.717) is 11.4 Å². The van der Waals surface area contributed by atoms with E-state index in [2.05, 4.69) is 15.8 Å². The number of nitrogens with one attached hydrogen (secondary N) is 3. The summed E-state index contributed by atoms with van der Waals surface area (Å²) in [7, 11) is 1.67. The Morgan fingerprint density at radius 1 is 1.07 bits per heavy atom. The molecule has 0 aliphatic carbocycles. The second-order valence-electron chi connectivity index (χ2n) is 7.62. The molecule has 0 atom stereocenters. The number of rotatable bonds is 6. The van der Waals surface area contributed by atoms with Gasteiger partial charge >= 0.3 is 11.8 Å². The van der Waals surface area contributed by atoms with Crippen molar-refractivity contribution < 1.29 is 19.2 Å². The fraction of sp³-hybridized carbons (Fsp3) is 0.348. The maximum absolute atomic E-state index is 12.1. The molecule has 0 radical (unpaired) electrons. The Morgan fingerprint density at radius 3 is 2.43 bits per heavy atom. The molecule has 30 heavy (non-hydrogen) atoms. The average molecular weight is 410 g/mol. The SMILES string of the molecule is COc1ccc(/C(C)=N\NC(=O)C(=O)Nc2ccc(C)cc2)cc1C[NH+]1CCCC1. The Morgan fingerprint density at radius 2 is 1.77 bits per heavy atom. The minimum absolute atomic E-state index is 0.561. The van der Waals surface area contributed by atoms with Gasteiger partial charge in [0.25, 0.3) is 0 Å². The normalized spacial score (nSPS) is 14.4. The summed E-state index contributed by atoms with van der Waals surface area (Å²) >= 11 is 0. The van der Waals surface area contributed by atoms with E-state index in [-0.39, 0.29) is 0 Å². The number of likely N-dealkylation sites (tertiary alicyclic amines) is 1. The first-order chi connectivity index (χ1) is 14.5. The van der Waals surface area contributed by atoms with Gasteiger partial charge in [-0.3, -0.25) is 9.59 Å². The summed E-state index contributed by atoms with van der Waals surface area (Å²) in [5.74, 6) is -0.721. The summed E-state index contributed by atoms with van der Waals surface area (Å²) in [6.45, 7) is 6.99. The highest BCUT2D eigenvalue weighted by atomic mass is 16.5. The van der Waals surface area contributed by atoms with Gasteiger partial charge in [-0.05, 0) is 49.7 Å². The van der Waals surface area contributed by atoms with Gasteiger partial charge < -0.3 is 15.0 Å². The number of hydrogen-bond donors (Lipinski definition) is 3. The standard InChI is InChI=1S/C23H28N4O3/c1-16-6-9-20(10-7-16)24-22(28)23(29)26-25-17(2)18-8-11-21(30-3)19(14-18)15-27-12-4-5-13-27/h6-11,14H,4-5,12-13,15H2,1-3H3,(H,24,28)(H,26,29)/p+1/b25-17-. The zero-order chi connectivity index (χ0) is 21.5. The van der Waals surface area contributed by atoms with Gasteiger partial charge in [0.2, 0.25) is 0 Å². The number of aryl methyl sites for hydroxylation is 1. The molecule has 2 amide bonds. The van der Waals surface area contributed by atoms with Crippen LogP contribution in [0.4, 0.5) is 5.69 Å². The largest absolute Gasteiger partial charge is 0.496 e. The van der Waals surface area contributed by atoms with Crippen LogP contribution in [0.25, 0.3) is 0 Å². The molecule has 0 spiro atoms. The minimum Gasteiger partial charge on any atom is -0.496 e. The average Bonchev–Trinajstić information content (AvgIpc) is 3.26. The predicted molar refractivity (Wildman–Crippen MR) is 117 cm³/mol. The van der Waals surface area contributed by atoms with E-state index in [1.54, 1.807) is 31.1 Å². The van der Waals surface area contributed by atoms with Crippen LogP contribution in [0.5, 0.6) is 5.75 Å². The molecule has 3 rings (SSSR count). The van der Waals surface area contributed by atoms with Gasteiger partial charge in [-0.15, -0.1) is 0 Å². The van der Waals surface area contributed by atoms with Crippen LogP contribution in [0.2, 0.25) is 0 Å². The molecule has 0 bridgehead atoms. The van der Waals surface area contributed by atoms with Gasteiger partial charge in [0.1, 0.15) is 12.3 Å². The molecule has 7 heteroatoms. The van der Waals surface area contributed by atoms with Gasteiger partial charge in [-0.2, -0.15) is 5.10 Å². The van der Waals surface area contributed by atoms with E-state index in [1.807, 2.05) is 37.3 Å². The first-order valence-corrected chi connectivity index (χ1v) is 10.2. The molecular weight excluding hydrogens is 380 g/mol. The molecule has 3 N–H and O–H groups in total. The Labute approximate surface area is 177 Å². The number of benzene rings is 2. The zero-order valence-corrected chi connectivity index (χ0v) is 17.7. The van der Waals surface area contributed by atoms with E-state index in [9.17, 15) is 9.59 Å². The Hall–Kier alpha value is -3.19. The number of anilines is 1. The third-order valence-corrected chi connectivity index (χ3v) is 5.29. The second kappa shape index (κ2) is 10.0. The number of amides is 2. The van der Waals surface area contributed by atoms with Crippen molar-refractivity contribution in [3.63, 3.8) is 0 Å². The van der Waals surface area contributed by atoms with Crippen LogP contribution in [0.1, 0.15) is 36.5 Å². The van der Waals surface area contributed by atoms with Crippen molar-refractivity contribution in [3.05, 3.63) is 59.2 Å². The maximum atomic E-state index is 12.1. The number of carbonyl (C=O) groups excluding carboxylic acids is 2. The number of carbonyl (C=O) groups is 2. The molecule has 2 aromatic rings. The van der Waals surface area contributed by atoms with E-state index in [0.717, 1.165) is 29.0 Å². The Bertz CT molecular complexity index is 932. The van der Waals surface area contributed by atoms with Crippen LogP contribution in [0.3, 0.4) is 0 Å². The fourth-order valence-electron chi connectivity index (χ4n) is 3.54. The molecular formula is C23H29N4O3+.